The zero-order valence-corrected chi connectivity index (χ0v) is 15.8. The van der Waals surface area contributed by atoms with Crippen LogP contribution in [0.25, 0.3) is 0 Å². The van der Waals surface area contributed by atoms with Crippen LogP contribution in [-0.4, -0.2) is 74.0 Å². The summed E-state index contributed by atoms with van der Waals surface area (Å²) in [5.41, 5.74) is 0. The predicted octanol–water partition coefficient (Wildman–Crippen LogP) is 1.31. The quantitative estimate of drug-likeness (QED) is 0.783. The molecule has 3 rings (SSSR count). The number of nitrogens with zero attached hydrogens (tertiary/aromatic N) is 2. The Morgan fingerprint density at radius 3 is 2.38 bits per heavy atom. The molecule has 2 saturated heterocycles. The number of benzene rings is 1. The van der Waals surface area contributed by atoms with Gasteiger partial charge in [0.25, 0.3) is 5.91 Å². The van der Waals surface area contributed by atoms with Crippen LogP contribution in [0.15, 0.2) is 24.3 Å². The van der Waals surface area contributed by atoms with Gasteiger partial charge < -0.3 is 9.64 Å². The van der Waals surface area contributed by atoms with Gasteiger partial charge in [0.1, 0.15) is 9.84 Å². The first-order chi connectivity index (χ1) is 12.4. The first kappa shape index (κ1) is 19.1. The maximum absolute atomic E-state index is 13.7. The smallest absolute Gasteiger partial charge is 0.263 e. The van der Waals surface area contributed by atoms with Gasteiger partial charge in [-0.25, -0.2) is 12.8 Å². The van der Waals surface area contributed by atoms with Crippen molar-refractivity contribution in [1.82, 2.24) is 9.80 Å². The van der Waals surface area contributed by atoms with Gasteiger partial charge in [0.15, 0.2) is 17.7 Å². The number of halogens is 1. The molecule has 26 heavy (non-hydrogen) atoms. The fourth-order valence-electron chi connectivity index (χ4n) is 3.59. The van der Waals surface area contributed by atoms with E-state index in [9.17, 15) is 17.6 Å². The number of ether oxygens (including phenoxy) is 1. The van der Waals surface area contributed by atoms with Gasteiger partial charge in [0, 0.05) is 32.2 Å². The standard InChI is InChI=1S/C18H25FN2O4S/c1-14(25-17-5-3-2-4-16(17)19)18(22)21-10-8-20(9-11-21)15-6-12-26(23,24)13-7-15/h2-5,14-15H,6-13H2,1H3/t14-/m0/s1. The molecule has 1 amide bonds. The molecular formula is C18H25FN2O4S. The summed E-state index contributed by atoms with van der Waals surface area (Å²) in [6.45, 7) is 4.24. The number of rotatable bonds is 4. The summed E-state index contributed by atoms with van der Waals surface area (Å²) in [4.78, 5) is 16.6. The number of para-hydroxylation sites is 1. The topological polar surface area (TPSA) is 66.9 Å². The van der Waals surface area contributed by atoms with Gasteiger partial charge in [-0.15, -0.1) is 0 Å². The minimum absolute atomic E-state index is 0.0791. The van der Waals surface area contributed by atoms with Crippen molar-refractivity contribution in [3.8, 4) is 5.75 Å². The van der Waals surface area contributed by atoms with Gasteiger partial charge in [-0.2, -0.15) is 0 Å². The highest BCUT2D eigenvalue weighted by Gasteiger charge is 2.32. The van der Waals surface area contributed by atoms with Crippen molar-refractivity contribution in [1.29, 1.82) is 0 Å². The van der Waals surface area contributed by atoms with Gasteiger partial charge in [-0.3, -0.25) is 9.69 Å². The molecule has 2 heterocycles. The van der Waals surface area contributed by atoms with Crippen LogP contribution in [0.3, 0.4) is 0 Å². The fourth-order valence-corrected chi connectivity index (χ4v) is 5.05. The molecule has 0 bridgehead atoms. The molecule has 0 saturated carbocycles. The van der Waals surface area contributed by atoms with Crippen molar-refractivity contribution in [3.05, 3.63) is 30.1 Å². The summed E-state index contributed by atoms with van der Waals surface area (Å²) in [6, 6.07) is 6.33. The first-order valence-corrected chi connectivity index (χ1v) is 10.8. The SMILES string of the molecule is C[C@H](Oc1ccccc1F)C(=O)N1CCN(C2CCS(=O)(=O)CC2)CC1. The summed E-state index contributed by atoms with van der Waals surface area (Å²) in [7, 11) is -2.86. The summed E-state index contributed by atoms with van der Waals surface area (Å²) < 4.78 is 42.3. The van der Waals surface area contributed by atoms with Crippen molar-refractivity contribution in [2.24, 2.45) is 0 Å². The molecule has 0 radical (unpaired) electrons. The van der Waals surface area contributed by atoms with Crippen LogP contribution in [0.4, 0.5) is 4.39 Å². The third-order valence-electron chi connectivity index (χ3n) is 5.15. The number of hydrogen-bond donors (Lipinski definition) is 0. The third kappa shape index (κ3) is 4.54. The van der Waals surface area contributed by atoms with E-state index in [1.54, 1.807) is 24.0 Å². The molecule has 0 unspecified atom stereocenters. The molecule has 0 spiro atoms. The zero-order chi connectivity index (χ0) is 18.7. The molecule has 0 aromatic heterocycles. The van der Waals surface area contributed by atoms with Crippen molar-refractivity contribution >= 4 is 15.7 Å². The Morgan fingerprint density at radius 2 is 1.77 bits per heavy atom. The van der Waals surface area contributed by atoms with E-state index in [1.807, 2.05) is 0 Å². The minimum atomic E-state index is -2.86. The van der Waals surface area contributed by atoms with E-state index >= 15 is 0 Å². The Labute approximate surface area is 153 Å². The largest absolute Gasteiger partial charge is 0.478 e. The molecule has 0 N–H and O–H groups in total. The maximum atomic E-state index is 13.7. The van der Waals surface area contributed by atoms with E-state index in [4.69, 9.17) is 4.74 Å². The Morgan fingerprint density at radius 1 is 1.15 bits per heavy atom. The Bertz CT molecular complexity index is 733. The second kappa shape index (κ2) is 7.92. The minimum Gasteiger partial charge on any atom is -0.478 e. The highest BCUT2D eigenvalue weighted by molar-refractivity contribution is 7.91. The molecule has 2 aliphatic rings. The Kier molecular flexibility index (Phi) is 5.82. The number of carbonyl (C=O) groups excluding carboxylic acids is 1. The van der Waals surface area contributed by atoms with E-state index in [2.05, 4.69) is 4.90 Å². The fraction of sp³-hybridized carbons (Fsp3) is 0.611. The Balaban J connectivity index is 1.50. The summed E-state index contributed by atoms with van der Waals surface area (Å²) in [5.74, 6) is -0.0481. The third-order valence-corrected chi connectivity index (χ3v) is 6.87. The monoisotopic (exact) mass is 384 g/mol. The lowest BCUT2D eigenvalue weighted by molar-refractivity contribution is -0.140. The van der Waals surface area contributed by atoms with Crippen LogP contribution in [0.2, 0.25) is 0 Å². The van der Waals surface area contributed by atoms with Crippen LogP contribution in [0.5, 0.6) is 5.75 Å². The molecular weight excluding hydrogens is 359 g/mol. The van der Waals surface area contributed by atoms with Crippen molar-refractivity contribution in [2.45, 2.75) is 31.9 Å². The molecule has 2 fully saturated rings. The van der Waals surface area contributed by atoms with Crippen molar-refractivity contribution in [3.63, 3.8) is 0 Å². The van der Waals surface area contributed by atoms with Gasteiger partial charge >= 0.3 is 0 Å². The van der Waals surface area contributed by atoms with Gasteiger partial charge in [0.05, 0.1) is 11.5 Å². The molecule has 144 valence electrons. The van der Waals surface area contributed by atoms with Crippen molar-refractivity contribution in [2.75, 3.05) is 37.7 Å². The molecule has 2 aliphatic heterocycles. The van der Waals surface area contributed by atoms with Gasteiger partial charge in [-0.05, 0) is 31.9 Å². The molecule has 6 nitrogen and oxygen atoms in total. The predicted molar refractivity (Wildman–Crippen MR) is 96.3 cm³/mol. The zero-order valence-electron chi connectivity index (χ0n) is 14.9. The second-order valence-electron chi connectivity index (χ2n) is 6.93. The van der Waals surface area contributed by atoms with Crippen LogP contribution in [0.1, 0.15) is 19.8 Å². The lowest BCUT2D eigenvalue weighted by atomic mass is 10.1. The number of sulfone groups is 1. The molecule has 1 aromatic carbocycles. The number of hydrogen-bond acceptors (Lipinski definition) is 5. The van der Waals surface area contributed by atoms with E-state index in [0.717, 1.165) is 13.1 Å². The van der Waals surface area contributed by atoms with Crippen molar-refractivity contribution < 1.29 is 22.3 Å². The number of amides is 1. The summed E-state index contributed by atoms with van der Waals surface area (Å²) in [6.07, 6.45) is 0.588. The molecule has 0 aliphatic carbocycles. The molecule has 8 heteroatoms. The normalized spacial score (nSPS) is 22.8. The molecule has 1 aromatic rings. The number of carbonyl (C=O) groups is 1. The van der Waals surface area contributed by atoms with E-state index in [1.165, 1.54) is 12.1 Å². The number of piperazine rings is 1. The van der Waals surface area contributed by atoms with Gasteiger partial charge in [-0.1, -0.05) is 12.1 Å². The van der Waals surface area contributed by atoms with E-state index in [-0.39, 0.29) is 29.2 Å². The van der Waals surface area contributed by atoms with Crippen LogP contribution >= 0.6 is 0 Å². The van der Waals surface area contributed by atoms with E-state index < -0.39 is 21.8 Å². The van der Waals surface area contributed by atoms with Crippen LogP contribution < -0.4 is 4.74 Å². The lowest BCUT2D eigenvalue weighted by Crippen LogP contribution is -2.55. The van der Waals surface area contributed by atoms with Gasteiger partial charge in [0.2, 0.25) is 0 Å². The average Bonchev–Trinajstić information content (AvgIpc) is 2.63. The van der Waals surface area contributed by atoms with Crippen LogP contribution in [-0.2, 0) is 14.6 Å². The molecule has 1 atom stereocenters. The maximum Gasteiger partial charge on any atom is 0.263 e. The summed E-state index contributed by atoms with van der Waals surface area (Å²) >= 11 is 0. The average molecular weight is 384 g/mol. The lowest BCUT2D eigenvalue weighted by Gasteiger charge is -2.41. The van der Waals surface area contributed by atoms with E-state index in [0.29, 0.717) is 25.9 Å². The Hall–Kier alpha value is -1.67. The highest BCUT2D eigenvalue weighted by atomic mass is 32.2. The van der Waals surface area contributed by atoms with Crippen LogP contribution in [0, 0.1) is 5.82 Å². The summed E-state index contributed by atoms with van der Waals surface area (Å²) in [5, 5.41) is 0. The second-order valence-corrected chi connectivity index (χ2v) is 9.24. The highest BCUT2D eigenvalue weighted by Crippen LogP contribution is 2.21. The first-order valence-electron chi connectivity index (χ1n) is 9.00.